The molecular formula is C18H29N5O9. The van der Waals surface area contributed by atoms with Gasteiger partial charge in [0.1, 0.15) is 24.2 Å². The van der Waals surface area contributed by atoms with Crippen molar-refractivity contribution in [3.8, 4) is 0 Å². The van der Waals surface area contributed by atoms with Crippen molar-refractivity contribution in [2.75, 3.05) is 6.54 Å². The Hall–Kier alpha value is -3.26. The Balaban J connectivity index is 2.99. The lowest BCUT2D eigenvalue weighted by molar-refractivity contribution is -0.148. The molecule has 0 spiro atoms. The summed E-state index contributed by atoms with van der Waals surface area (Å²) in [6.45, 7) is 1.39. The van der Waals surface area contributed by atoms with Crippen LogP contribution in [-0.4, -0.2) is 92.6 Å². The van der Waals surface area contributed by atoms with Gasteiger partial charge in [-0.25, -0.2) is 4.79 Å². The fourth-order valence-corrected chi connectivity index (χ4v) is 3.18. The molecule has 0 aliphatic carbocycles. The number of carbonyl (C=O) groups is 6. The summed E-state index contributed by atoms with van der Waals surface area (Å²) in [5.41, 5.74) is 10.7. The monoisotopic (exact) mass is 459 g/mol. The highest BCUT2D eigenvalue weighted by Crippen LogP contribution is 2.20. The van der Waals surface area contributed by atoms with Crippen LogP contribution in [0.2, 0.25) is 0 Å². The number of aliphatic hydroxyl groups excluding tert-OH is 1. The molecule has 14 nitrogen and oxygen atoms in total. The van der Waals surface area contributed by atoms with Crippen LogP contribution in [0.1, 0.15) is 39.0 Å². The third-order valence-electron chi connectivity index (χ3n) is 4.95. The lowest BCUT2D eigenvalue weighted by atomic mass is 10.1. The quantitative estimate of drug-likeness (QED) is 0.152. The van der Waals surface area contributed by atoms with E-state index in [1.54, 1.807) is 0 Å². The molecule has 180 valence electrons. The fraction of sp³-hybridized carbons (Fsp3) is 0.667. The maximum absolute atomic E-state index is 13.1. The van der Waals surface area contributed by atoms with Crippen LogP contribution in [0.4, 0.5) is 0 Å². The number of nitrogens with two attached hydrogens (primary N) is 2. The highest BCUT2D eigenvalue weighted by molar-refractivity contribution is 5.95. The molecule has 5 atom stereocenters. The van der Waals surface area contributed by atoms with Gasteiger partial charge in [0.15, 0.2) is 0 Å². The summed E-state index contributed by atoms with van der Waals surface area (Å²) in [6, 6.07) is -5.41. The van der Waals surface area contributed by atoms with Crippen molar-refractivity contribution >= 4 is 35.6 Å². The number of primary amides is 1. The fourth-order valence-electron chi connectivity index (χ4n) is 3.18. The van der Waals surface area contributed by atoms with Crippen molar-refractivity contribution in [3.63, 3.8) is 0 Å². The van der Waals surface area contributed by atoms with E-state index >= 15 is 0 Å². The number of carboxylic acid groups (broad SMARTS) is 2. The highest BCUT2D eigenvalue weighted by Gasteiger charge is 2.39. The van der Waals surface area contributed by atoms with Gasteiger partial charge in [-0.15, -0.1) is 0 Å². The Labute approximate surface area is 183 Å². The number of carboxylic acids is 2. The van der Waals surface area contributed by atoms with E-state index in [0.717, 1.165) is 4.90 Å². The zero-order valence-corrected chi connectivity index (χ0v) is 17.5. The molecule has 1 heterocycles. The predicted molar refractivity (Wildman–Crippen MR) is 107 cm³/mol. The van der Waals surface area contributed by atoms with Crippen LogP contribution in [0.5, 0.6) is 0 Å². The molecule has 32 heavy (non-hydrogen) atoms. The maximum atomic E-state index is 13.1. The minimum Gasteiger partial charge on any atom is -0.481 e. The molecule has 4 amide bonds. The largest absolute Gasteiger partial charge is 0.481 e. The topological polar surface area (TPSA) is 242 Å². The van der Waals surface area contributed by atoms with Gasteiger partial charge < -0.3 is 42.3 Å². The molecule has 0 radical (unpaired) electrons. The van der Waals surface area contributed by atoms with E-state index < -0.39 is 72.3 Å². The molecule has 1 rings (SSSR count). The molecule has 1 aliphatic heterocycles. The first-order chi connectivity index (χ1) is 14.8. The van der Waals surface area contributed by atoms with Crippen molar-refractivity contribution in [3.05, 3.63) is 0 Å². The van der Waals surface area contributed by atoms with E-state index in [1.165, 1.54) is 6.92 Å². The summed E-state index contributed by atoms with van der Waals surface area (Å²) in [4.78, 5) is 72.2. The highest BCUT2D eigenvalue weighted by atomic mass is 16.4. The molecule has 9 N–H and O–H groups in total. The number of likely N-dealkylation sites (tertiary alicyclic amines) is 1. The molecule has 1 fully saturated rings. The van der Waals surface area contributed by atoms with E-state index in [9.17, 15) is 33.9 Å². The van der Waals surface area contributed by atoms with Gasteiger partial charge in [0.25, 0.3) is 0 Å². The van der Waals surface area contributed by atoms with Gasteiger partial charge in [-0.2, -0.15) is 0 Å². The number of carbonyl (C=O) groups excluding carboxylic acids is 4. The van der Waals surface area contributed by atoms with Crippen LogP contribution in [0.3, 0.4) is 0 Å². The molecule has 1 saturated heterocycles. The Morgan fingerprint density at radius 3 is 2.22 bits per heavy atom. The Bertz CT molecular complexity index is 757. The average Bonchev–Trinajstić information content (AvgIpc) is 3.18. The first-order valence-electron chi connectivity index (χ1n) is 9.92. The second-order valence-electron chi connectivity index (χ2n) is 7.52. The second kappa shape index (κ2) is 12.0. The van der Waals surface area contributed by atoms with Crippen molar-refractivity contribution in [1.82, 2.24) is 15.5 Å². The Morgan fingerprint density at radius 1 is 1.09 bits per heavy atom. The van der Waals surface area contributed by atoms with E-state index in [1.807, 2.05) is 0 Å². The number of rotatable bonds is 12. The number of amides is 4. The molecule has 1 aliphatic rings. The van der Waals surface area contributed by atoms with Crippen molar-refractivity contribution in [1.29, 1.82) is 0 Å². The van der Waals surface area contributed by atoms with E-state index in [-0.39, 0.29) is 25.8 Å². The lowest BCUT2D eigenvalue weighted by Gasteiger charge is -2.30. The van der Waals surface area contributed by atoms with Crippen LogP contribution in [-0.2, 0) is 28.8 Å². The van der Waals surface area contributed by atoms with Crippen LogP contribution in [0, 0.1) is 0 Å². The lowest BCUT2D eigenvalue weighted by Crippen LogP contribution is -2.58. The van der Waals surface area contributed by atoms with Crippen molar-refractivity contribution < 1.29 is 44.1 Å². The van der Waals surface area contributed by atoms with E-state index in [0.29, 0.717) is 6.42 Å². The van der Waals surface area contributed by atoms with Crippen molar-refractivity contribution in [2.24, 2.45) is 11.5 Å². The number of nitrogens with one attached hydrogen (secondary N) is 2. The van der Waals surface area contributed by atoms with Crippen LogP contribution in [0.15, 0.2) is 0 Å². The molecule has 0 bridgehead atoms. The predicted octanol–water partition coefficient (Wildman–Crippen LogP) is -3.52. The molecule has 0 aromatic heterocycles. The van der Waals surface area contributed by atoms with Crippen LogP contribution < -0.4 is 22.1 Å². The first-order valence-corrected chi connectivity index (χ1v) is 9.92. The minimum atomic E-state index is -1.69. The smallest absolute Gasteiger partial charge is 0.326 e. The van der Waals surface area contributed by atoms with Gasteiger partial charge in [-0.3, -0.25) is 24.0 Å². The molecule has 0 saturated carbocycles. The summed E-state index contributed by atoms with van der Waals surface area (Å²) < 4.78 is 0. The number of aliphatic carboxylic acids is 2. The third-order valence-corrected chi connectivity index (χ3v) is 4.95. The van der Waals surface area contributed by atoms with E-state index in [4.69, 9.17) is 21.7 Å². The first kappa shape index (κ1) is 26.8. The number of nitrogens with zero attached hydrogens (tertiary/aromatic N) is 1. The molecule has 5 unspecified atom stereocenters. The normalized spacial score (nSPS) is 19.3. The summed E-state index contributed by atoms with van der Waals surface area (Å²) in [5.74, 6) is -6.14. The van der Waals surface area contributed by atoms with Crippen LogP contribution in [0.25, 0.3) is 0 Å². The second-order valence-corrected chi connectivity index (χ2v) is 7.52. The summed E-state index contributed by atoms with van der Waals surface area (Å²) in [6.07, 6.45) is -1.94. The Morgan fingerprint density at radius 2 is 1.72 bits per heavy atom. The van der Waals surface area contributed by atoms with Gasteiger partial charge in [0.2, 0.25) is 23.6 Å². The number of aliphatic hydroxyl groups is 1. The molecule has 14 heteroatoms. The van der Waals surface area contributed by atoms with Gasteiger partial charge in [-0.1, -0.05) is 0 Å². The molecule has 0 aromatic rings. The summed E-state index contributed by atoms with van der Waals surface area (Å²) in [5, 5.41) is 31.9. The minimum absolute atomic E-state index is 0.110. The average molecular weight is 459 g/mol. The third kappa shape index (κ3) is 7.77. The number of hydrogen-bond acceptors (Lipinski definition) is 8. The van der Waals surface area contributed by atoms with E-state index in [2.05, 4.69) is 10.6 Å². The standard InChI is InChI=1S/C18H29N5O9/c1-8(24)14(20)16(29)21-9(4-5-12(19)25)17(30)23-6-2-3-11(23)15(28)22-10(18(31)32)7-13(26)27/h8-11,14,24H,2-7,20H2,1H3,(H2,19,25)(H,21,29)(H,22,28)(H,26,27)(H,31,32). The van der Waals surface area contributed by atoms with Gasteiger partial charge in [0, 0.05) is 13.0 Å². The maximum Gasteiger partial charge on any atom is 0.326 e. The zero-order chi connectivity index (χ0) is 24.6. The number of hydrogen-bond donors (Lipinski definition) is 7. The molecule has 0 aromatic carbocycles. The van der Waals surface area contributed by atoms with Crippen molar-refractivity contribution in [2.45, 2.75) is 69.3 Å². The SMILES string of the molecule is CC(O)C(N)C(=O)NC(CCC(N)=O)C(=O)N1CCCC1C(=O)NC(CC(=O)O)C(=O)O. The zero-order valence-electron chi connectivity index (χ0n) is 17.5. The Kier molecular flexibility index (Phi) is 10.00. The summed E-state index contributed by atoms with van der Waals surface area (Å²) in [7, 11) is 0. The molecular weight excluding hydrogens is 430 g/mol. The van der Waals surface area contributed by atoms with Gasteiger partial charge in [0.05, 0.1) is 12.5 Å². The van der Waals surface area contributed by atoms with Gasteiger partial charge in [-0.05, 0) is 26.2 Å². The van der Waals surface area contributed by atoms with Gasteiger partial charge >= 0.3 is 11.9 Å². The van der Waals surface area contributed by atoms with Crippen LogP contribution >= 0.6 is 0 Å². The summed E-state index contributed by atoms with van der Waals surface area (Å²) >= 11 is 0.